The van der Waals surface area contributed by atoms with Gasteiger partial charge in [-0.2, -0.15) is 0 Å². The van der Waals surface area contributed by atoms with Gasteiger partial charge in [-0.25, -0.2) is 0 Å². The van der Waals surface area contributed by atoms with Gasteiger partial charge in [0.15, 0.2) is 5.11 Å². The molecule has 3 heterocycles. The molecule has 0 amide bonds. The summed E-state index contributed by atoms with van der Waals surface area (Å²) in [4.78, 5) is 6.81. The Morgan fingerprint density at radius 2 is 1.76 bits per heavy atom. The Kier molecular flexibility index (Phi) is 6.18. The molecule has 5 rings (SSSR count). The summed E-state index contributed by atoms with van der Waals surface area (Å²) in [6, 6.07) is 25.9. The van der Waals surface area contributed by atoms with E-state index >= 15 is 0 Å². The first-order valence-corrected chi connectivity index (χ1v) is 11.7. The molecule has 1 aliphatic rings. The lowest BCUT2D eigenvalue weighted by Crippen LogP contribution is -2.30. The lowest BCUT2D eigenvalue weighted by molar-refractivity contribution is 0.340. The summed E-state index contributed by atoms with van der Waals surface area (Å²) in [5.74, 6) is 1.63. The minimum absolute atomic E-state index is 0.136. The number of thiocarbonyl (C=S) groups is 1. The zero-order chi connectivity index (χ0) is 23.5. The van der Waals surface area contributed by atoms with E-state index in [9.17, 15) is 0 Å². The first-order chi connectivity index (χ1) is 16.7. The fraction of sp³-hybridized carbons (Fsp3) is 0.185. The van der Waals surface area contributed by atoms with Crippen molar-refractivity contribution in [3.63, 3.8) is 0 Å². The van der Waals surface area contributed by atoms with Crippen LogP contribution in [0.3, 0.4) is 0 Å². The summed E-state index contributed by atoms with van der Waals surface area (Å²) >= 11 is 5.87. The van der Waals surface area contributed by atoms with Gasteiger partial charge in [0, 0.05) is 23.8 Å². The summed E-state index contributed by atoms with van der Waals surface area (Å²) < 4.78 is 13.5. The highest BCUT2D eigenvalue weighted by Crippen LogP contribution is 2.43. The molecule has 0 saturated carbocycles. The second-order valence-corrected chi connectivity index (χ2v) is 8.29. The van der Waals surface area contributed by atoms with Crippen LogP contribution in [-0.4, -0.2) is 28.4 Å². The molecule has 1 N–H and O–H groups in total. The first kappa shape index (κ1) is 22.0. The molecule has 7 heteroatoms. The van der Waals surface area contributed by atoms with E-state index in [4.69, 9.17) is 21.7 Å². The maximum atomic E-state index is 5.87. The van der Waals surface area contributed by atoms with Crippen LogP contribution in [0.2, 0.25) is 0 Å². The van der Waals surface area contributed by atoms with Crippen molar-refractivity contribution < 1.29 is 9.47 Å². The number of pyridine rings is 1. The molecule has 0 unspecified atom stereocenters. The molecule has 1 aliphatic heterocycles. The molecule has 2 aromatic heterocycles. The lowest BCUT2D eigenvalue weighted by Gasteiger charge is -2.29. The highest BCUT2D eigenvalue weighted by atomic mass is 32.1. The lowest BCUT2D eigenvalue weighted by atomic mass is 10.0. The van der Waals surface area contributed by atoms with E-state index in [-0.39, 0.29) is 12.1 Å². The Balaban J connectivity index is 1.64. The minimum Gasteiger partial charge on any atom is -0.495 e. The zero-order valence-corrected chi connectivity index (χ0v) is 19.9. The van der Waals surface area contributed by atoms with Crippen LogP contribution in [0.15, 0.2) is 91.3 Å². The van der Waals surface area contributed by atoms with Gasteiger partial charge >= 0.3 is 0 Å². The van der Waals surface area contributed by atoms with Gasteiger partial charge in [0.25, 0.3) is 0 Å². The maximum Gasteiger partial charge on any atom is 0.174 e. The van der Waals surface area contributed by atoms with Gasteiger partial charge < -0.3 is 24.3 Å². The Hall–Kier alpha value is -3.84. The minimum atomic E-state index is -0.139. The Labute approximate surface area is 204 Å². The van der Waals surface area contributed by atoms with Crippen LogP contribution in [-0.2, 0) is 0 Å². The molecule has 2 atom stereocenters. The molecule has 1 saturated heterocycles. The van der Waals surface area contributed by atoms with E-state index in [1.54, 1.807) is 7.11 Å². The highest BCUT2D eigenvalue weighted by molar-refractivity contribution is 7.80. The fourth-order valence-corrected chi connectivity index (χ4v) is 4.83. The Morgan fingerprint density at radius 1 is 0.971 bits per heavy atom. The monoisotopic (exact) mass is 470 g/mol. The number of ether oxygens (including phenoxy) is 2. The molecule has 2 aromatic carbocycles. The van der Waals surface area contributed by atoms with Crippen molar-refractivity contribution in [3.8, 4) is 17.2 Å². The van der Waals surface area contributed by atoms with E-state index in [1.807, 2.05) is 73.8 Å². The number of anilines is 1. The number of benzene rings is 2. The normalized spacial score (nSPS) is 17.5. The summed E-state index contributed by atoms with van der Waals surface area (Å²) in [5, 5.41) is 4.17. The third-order valence-corrected chi connectivity index (χ3v) is 6.27. The SMILES string of the molecule is CCOc1ccc(N2C(=S)N[C@@H](c3ccccn3)[C@@H]2c2cccn2-c2ccccc2OC)cc1. The largest absolute Gasteiger partial charge is 0.495 e. The van der Waals surface area contributed by atoms with Gasteiger partial charge in [-0.15, -0.1) is 0 Å². The third-order valence-electron chi connectivity index (χ3n) is 5.95. The van der Waals surface area contributed by atoms with Crippen molar-refractivity contribution in [3.05, 3.63) is 103 Å². The molecule has 4 aromatic rings. The number of nitrogens with one attached hydrogen (secondary N) is 1. The maximum absolute atomic E-state index is 5.87. The molecule has 172 valence electrons. The second-order valence-electron chi connectivity index (χ2n) is 7.90. The van der Waals surface area contributed by atoms with Crippen LogP contribution >= 0.6 is 12.2 Å². The number of nitrogens with zero attached hydrogens (tertiary/aromatic N) is 3. The predicted molar refractivity (Wildman–Crippen MR) is 138 cm³/mol. The summed E-state index contributed by atoms with van der Waals surface area (Å²) in [7, 11) is 1.69. The standard InChI is InChI=1S/C27H26N4O2S/c1-3-33-20-15-13-19(14-16-20)31-26(25(29-27(31)34)21-9-6-7-17-28-21)23-11-8-18-30(23)22-10-4-5-12-24(22)32-2/h4-18,25-26H,3H2,1-2H3,(H,29,34)/t25-,26-/m0/s1. The third kappa shape index (κ3) is 3.99. The van der Waals surface area contributed by atoms with Crippen LogP contribution in [0.5, 0.6) is 11.5 Å². The number of hydrogen-bond acceptors (Lipinski definition) is 4. The number of rotatable bonds is 7. The van der Waals surface area contributed by atoms with Gasteiger partial charge in [-0.3, -0.25) is 4.98 Å². The second kappa shape index (κ2) is 9.57. The van der Waals surface area contributed by atoms with Crippen LogP contribution in [0.25, 0.3) is 5.69 Å². The van der Waals surface area contributed by atoms with E-state index in [0.717, 1.165) is 34.3 Å². The van der Waals surface area contributed by atoms with Gasteiger partial charge in [-0.05, 0) is 79.8 Å². The quantitative estimate of drug-likeness (QED) is 0.362. The average Bonchev–Trinajstić information content (AvgIpc) is 3.49. The Morgan fingerprint density at radius 3 is 2.50 bits per heavy atom. The van der Waals surface area contributed by atoms with Crippen molar-refractivity contribution in [1.29, 1.82) is 0 Å². The van der Waals surface area contributed by atoms with Gasteiger partial charge in [0.05, 0.1) is 31.1 Å². The van der Waals surface area contributed by atoms with Crippen LogP contribution in [0.4, 0.5) is 5.69 Å². The topological polar surface area (TPSA) is 51.5 Å². The van der Waals surface area contributed by atoms with E-state index in [1.165, 1.54) is 0 Å². The number of methoxy groups -OCH3 is 1. The zero-order valence-electron chi connectivity index (χ0n) is 19.1. The van der Waals surface area contributed by atoms with Crippen molar-refractivity contribution in [2.75, 3.05) is 18.6 Å². The Bertz CT molecular complexity index is 1270. The first-order valence-electron chi connectivity index (χ1n) is 11.3. The molecular weight excluding hydrogens is 444 g/mol. The predicted octanol–water partition coefficient (Wildman–Crippen LogP) is 5.46. The van der Waals surface area contributed by atoms with Crippen LogP contribution < -0.4 is 19.7 Å². The fourth-order valence-electron chi connectivity index (χ4n) is 4.49. The molecule has 0 spiro atoms. The number of hydrogen-bond donors (Lipinski definition) is 1. The molecule has 6 nitrogen and oxygen atoms in total. The number of para-hydroxylation sites is 2. The molecule has 0 bridgehead atoms. The molecule has 34 heavy (non-hydrogen) atoms. The smallest absolute Gasteiger partial charge is 0.174 e. The summed E-state index contributed by atoms with van der Waals surface area (Å²) in [6.07, 6.45) is 3.87. The van der Waals surface area contributed by atoms with Crippen LogP contribution in [0, 0.1) is 0 Å². The average molecular weight is 471 g/mol. The molecule has 0 radical (unpaired) electrons. The summed E-state index contributed by atoms with van der Waals surface area (Å²) in [6.45, 7) is 2.60. The molecular formula is C27H26N4O2S. The summed E-state index contributed by atoms with van der Waals surface area (Å²) in [5.41, 5.74) is 3.95. The van der Waals surface area contributed by atoms with Crippen molar-refractivity contribution in [1.82, 2.24) is 14.9 Å². The highest BCUT2D eigenvalue weighted by Gasteiger charge is 2.42. The van der Waals surface area contributed by atoms with Crippen molar-refractivity contribution in [2.45, 2.75) is 19.0 Å². The van der Waals surface area contributed by atoms with Crippen molar-refractivity contribution >= 4 is 23.0 Å². The van der Waals surface area contributed by atoms with Crippen molar-refractivity contribution in [2.24, 2.45) is 0 Å². The van der Waals surface area contributed by atoms with Gasteiger partial charge in [-0.1, -0.05) is 18.2 Å². The van der Waals surface area contributed by atoms with Gasteiger partial charge in [0.1, 0.15) is 17.5 Å². The van der Waals surface area contributed by atoms with E-state index in [2.05, 4.69) is 44.2 Å². The molecule has 0 aliphatic carbocycles. The van der Waals surface area contributed by atoms with Gasteiger partial charge in [0.2, 0.25) is 0 Å². The van der Waals surface area contributed by atoms with E-state index < -0.39 is 0 Å². The van der Waals surface area contributed by atoms with E-state index in [0.29, 0.717) is 11.7 Å². The van der Waals surface area contributed by atoms with Crippen LogP contribution in [0.1, 0.15) is 30.4 Å². The molecule has 1 fully saturated rings. The number of aromatic nitrogens is 2.